The van der Waals surface area contributed by atoms with E-state index in [1.54, 1.807) is 0 Å². The number of fused-ring (bicyclic) bond motifs is 1. The number of nitrogens with one attached hydrogen (secondary N) is 1. The average molecular weight is 530 g/mol. The zero-order valence-corrected chi connectivity index (χ0v) is 19.2. The van der Waals surface area contributed by atoms with E-state index in [1.165, 1.54) is 10.9 Å². The minimum absolute atomic E-state index is 0. The van der Waals surface area contributed by atoms with E-state index in [9.17, 15) is 38.6 Å². The largest absolute Gasteiger partial charge is 1.00 e. The van der Waals surface area contributed by atoms with Gasteiger partial charge in [-0.05, 0) is 0 Å². The number of nitrogens with zero attached hydrogens (tertiary/aromatic N) is 4. The van der Waals surface area contributed by atoms with E-state index in [0.29, 0.717) is 0 Å². The third kappa shape index (κ3) is 7.34. The number of hydrogen-bond acceptors (Lipinski definition) is 13. The van der Waals surface area contributed by atoms with E-state index in [-0.39, 0.29) is 41.3 Å². The molecule has 2 aromatic heterocycles. The van der Waals surface area contributed by atoms with E-state index in [1.807, 2.05) is 0 Å². The van der Waals surface area contributed by atoms with E-state index in [2.05, 4.69) is 23.8 Å². The molecule has 3 heterocycles. The normalized spacial score (nSPS) is 28.2. The Balaban J connectivity index is 0.00000272. The van der Waals surface area contributed by atoms with Gasteiger partial charge in [-0.3, -0.25) is 13.7 Å². The Bertz CT molecular complexity index is 1110. The van der Waals surface area contributed by atoms with Crippen LogP contribution in [0.15, 0.2) is 12.7 Å². The number of aliphatic hydroxyl groups is 2. The van der Waals surface area contributed by atoms with Gasteiger partial charge in [-0.15, -0.1) is 0 Å². The summed E-state index contributed by atoms with van der Waals surface area (Å²) in [4.78, 5) is 50.2. The van der Waals surface area contributed by atoms with Crippen molar-refractivity contribution in [3.8, 4) is 0 Å². The third-order valence-electron chi connectivity index (χ3n) is 3.87. The second-order valence-corrected chi connectivity index (χ2v) is 10.8. The molecule has 0 radical (unpaired) electrons. The summed E-state index contributed by atoms with van der Waals surface area (Å²) in [5, 5.41) is 20.4. The number of phosphoric acid groups is 1. The minimum atomic E-state index is -5.54. The Morgan fingerprint density at radius 3 is 2.42 bits per heavy atom. The van der Waals surface area contributed by atoms with E-state index in [0.717, 1.165) is 11.2 Å². The topological polar surface area (TPSA) is 316 Å². The summed E-state index contributed by atoms with van der Waals surface area (Å²) >= 11 is 0. The molecule has 0 aliphatic carbocycles. The van der Waals surface area contributed by atoms with Gasteiger partial charge in [-0.1, -0.05) is 0 Å². The van der Waals surface area contributed by atoms with Crippen molar-refractivity contribution in [1.82, 2.24) is 24.4 Å². The molecule has 2 aromatic rings. The molecule has 33 heavy (non-hydrogen) atoms. The Morgan fingerprint density at radius 2 is 1.82 bits per heavy atom. The number of rotatable bonds is 8. The van der Waals surface area contributed by atoms with Crippen molar-refractivity contribution in [2.45, 2.75) is 24.5 Å². The maximum absolute atomic E-state index is 11.8. The number of nitrogen functional groups attached to an aromatic ring is 1. The summed E-state index contributed by atoms with van der Waals surface area (Å²) in [5.41, 5.74) is 6.01. The van der Waals surface area contributed by atoms with E-state index >= 15 is 0 Å². The van der Waals surface area contributed by atoms with Crippen LogP contribution in [0, 0.1) is 0 Å². The van der Waals surface area contributed by atoms with Crippen LogP contribution >= 0.6 is 23.3 Å². The average Bonchev–Trinajstić information content (AvgIpc) is 3.13. The number of imidazole rings is 1. The maximum Gasteiger partial charge on any atom is 1.00 e. The molecule has 19 nitrogen and oxygen atoms in total. The molecule has 3 rings (SSSR count). The maximum atomic E-state index is 11.8. The van der Waals surface area contributed by atoms with E-state index < -0.39 is 54.5 Å². The van der Waals surface area contributed by atoms with E-state index in [4.69, 9.17) is 15.4 Å². The molecule has 1 fully saturated rings. The Morgan fingerprint density at radius 1 is 1.18 bits per heavy atom. The summed E-state index contributed by atoms with van der Waals surface area (Å²) in [5.74, 6) is 0.0441. The molecule has 0 spiro atoms. The molecule has 1 saturated heterocycles. The number of anilines is 1. The van der Waals surface area contributed by atoms with Crippen LogP contribution in [0.25, 0.3) is 11.2 Å². The van der Waals surface area contributed by atoms with Crippen molar-refractivity contribution >= 4 is 40.3 Å². The van der Waals surface area contributed by atoms with Crippen LogP contribution in [0.2, 0.25) is 0 Å². The quantitative estimate of drug-likeness (QED) is 0.123. The van der Waals surface area contributed by atoms with Gasteiger partial charge in [0, 0.05) is 0 Å². The molecule has 0 aromatic carbocycles. The van der Waals surface area contributed by atoms with Crippen LogP contribution in [0.5, 0.6) is 0 Å². The summed E-state index contributed by atoms with van der Waals surface area (Å²) in [6, 6.07) is 0. The number of phosphoric ester groups is 1. The van der Waals surface area contributed by atoms with Crippen molar-refractivity contribution in [3.05, 3.63) is 12.7 Å². The van der Waals surface area contributed by atoms with Gasteiger partial charge >= 0.3 is 34.4 Å². The number of aliphatic hydroxyl groups excluding tert-OH is 2. The second kappa shape index (κ2) is 10.9. The first-order valence-electron chi connectivity index (χ1n) is 7.98. The SMILES string of the molecule is Nc1ncnc2c1ncn2[C@@H]1O[C@H](COP(=O)(O)OP(=O)(O)NP(=O)([O-])O)[C@@H](O)[C@H]1O.O.[Li+]. The van der Waals surface area contributed by atoms with Crippen molar-refractivity contribution in [3.63, 3.8) is 0 Å². The molecule has 0 amide bonds. The first-order chi connectivity index (χ1) is 14.2. The Kier molecular flexibility index (Phi) is 9.94. The van der Waals surface area contributed by atoms with Crippen LogP contribution < -0.4 is 34.3 Å². The van der Waals surface area contributed by atoms with Gasteiger partial charge in [0.15, 0.2) is 17.7 Å². The third-order valence-corrected chi connectivity index (χ3v) is 8.08. The van der Waals surface area contributed by atoms with Gasteiger partial charge < -0.3 is 45.7 Å². The van der Waals surface area contributed by atoms with Gasteiger partial charge in [0.05, 0.1) is 12.9 Å². The predicted molar refractivity (Wildman–Crippen MR) is 98.9 cm³/mol. The molecule has 182 valence electrons. The van der Waals surface area contributed by atoms with Crippen LogP contribution in [0.1, 0.15) is 6.23 Å². The van der Waals surface area contributed by atoms with Crippen molar-refractivity contribution < 1.29 is 81.4 Å². The van der Waals surface area contributed by atoms with Crippen LogP contribution in [-0.4, -0.2) is 74.8 Å². The van der Waals surface area contributed by atoms with Gasteiger partial charge in [0.1, 0.15) is 30.2 Å². The first-order valence-corrected chi connectivity index (χ1v) is 12.6. The smallest absolute Gasteiger partial charge is 0.766 e. The summed E-state index contributed by atoms with van der Waals surface area (Å²) in [6.07, 6.45) is -3.67. The van der Waals surface area contributed by atoms with Crippen molar-refractivity contribution in [1.29, 1.82) is 0 Å². The van der Waals surface area contributed by atoms with Gasteiger partial charge in [-0.2, -0.15) is 9.17 Å². The zero-order chi connectivity index (χ0) is 23.2. The number of nitrogens with two attached hydrogens (primary N) is 1. The fourth-order valence-corrected chi connectivity index (χ4v) is 6.06. The zero-order valence-electron chi connectivity index (χ0n) is 16.5. The second-order valence-electron chi connectivity index (χ2n) is 6.12. The van der Waals surface area contributed by atoms with Crippen molar-refractivity contribution in [2.24, 2.45) is 0 Å². The predicted octanol–water partition coefficient (Wildman–Crippen LogP) is -6.51. The first kappa shape index (κ1) is 30.2. The monoisotopic (exact) mass is 530 g/mol. The molecule has 23 heteroatoms. The minimum Gasteiger partial charge on any atom is -0.766 e. The standard InChI is InChI=1S/C10H17N6O12P3.Li.H2O/c11-8-5-9(13-2-12-8)16(3-14-5)10-7(18)6(17)4(27-10)1-26-31(24,25)28-30(22,23)15-29(19,20)21;;/h2-4,6-7,10,17-18H,1H2,(H,24,25)(H2,11,12,13)(H4,15,19,20,21,22,23);;1H2/q;+1;/p-1/t4-,6-,7-,10-;;/m1../s1. The Hall–Kier alpha value is -0.803. The molecule has 10 N–H and O–H groups in total. The van der Waals surface area contributed by atoms with Gasteiger partial charge in [-0.25, -0.2) is 24.1 Å². The van der Waals surface area contributed by atoms with Crippen LogP contribution in [0.3, 0.4) is 0 Å². The molecule has 0 bridgehead atoms. The number of hydrogen-bond donors (Lipinski definition) is 7. The molecular weight excluding hydrogens is 512 g/mol. The summed E-state index contributed by atoms with van der Waals surface area (Å²) in [7, 11) is -16.5. The summed E-state index contributed by atoms with van der Waals surface area (Å²) < 4.78 is 48.7. The number of aromatic nitrogens is 4. The molecule has 0 saturated carbocycles. The van der Waals surface area contributed by atoms with Gasteiger partial charge in [0.25, 0.3) is 0 Å². The molecule has 3 unspecified atom stereocenters. The fraction of sp³-hybridized carbons (Fsp3) is 0.500. The number of ether oxygens (including phenoxy) is 1. The molecule has 1 aliphatic rings. The molecule has 1 aliphatic heterocycles. The summed E-state index contributed by atoms with van der Waals surface area (Å²) in [6.45, 7) is -0.944. The van der Waals surface area contributed by atoms with Crippen LogP contribution in [0.4, 0.5) is 5.82 Å². The fourth-order valence-electron chi connectivity index (χ4n) is 2.66. The van der Waals surface area contributed by atoms with Crippen LogP contribution in [-0.2, 0) is 27.3 Å². The Labute approximate surface area is 195 Å². The molecule has 7 atom stereocenters. The molecular formula is C10H18LiN6O13P3. The van der Waals surface area contributed by atoms with Crippen molar-refractivity contribution in [2.75, 3.05) is 12.3 Å². The van der Waals surface area contributed by atoms with Gasteiger partial charge in [0.2, 0.25) is 7.75 Å².